The van der Waals surface area contributed by atoms with E-state index in [0.717, 1.165) is 22.0 Å². The third-order valence-electron chi connectivity index (χ3n) is 2.41. The first-order valence-electron chi connectivity index (χ1n) is 5.53. The van der Waals surface area contributed by atoms with Gasteiger partial charge in [-0.05, 0) is 35.4 Å². The van der Waals surface area contributed by atoms with Crippen LogP contribution in [0.2, 0.25) is 0 Å². The third kappa shape index (κ3) is 3.75. The normalized spacial score (nSPS) is 11.0. The van der Waals surface area contributed by atoms with Gasteiger partial charge in [-0.3, -0.25) is 0 Å². The predicted octanol–water partition coefficient (Wildman–Crippen LogP) is 5.89. The third-order valence-corrected chi connectivity index (χ3v) is 3.71. The Balaban J connectivity index is 2.18. The Bertz CT molecular complexity index is 503. The molecule has 0 spiro atoms. The van der Waals surface area contributed by atoms with Crippen molar-refractivity contribution < 1.29 is 0 Å². The Morgan fingerprint density at radius 2 is 1.17 bits per heavy atom. The van der Waals surface area contributed by atoms with E-state index in [1.54, 1.807) is 0 Å². The average molecular weight is 368 g/mol. The van der Waals surface area contributed by atoms with E-state index in [4.69, 9.17) is 0 Å². The van der Waals surface area contributed by atoms with Gasteiger partial charge in [0.05, 0.1) is 11.4 Å². The summed E-state index contributed by atoms with van der Waals surface area (Å²) in [4.78, 5) is 0. The number of hydrogen-bond donors (Lipinski definition) is 0. The van der Waals surface area contributed by atoms with Gasteiger partial charge in [0, 0.05) is 10.7 Å². The highest BCUT2D eigenvalue weighted by Gasteiger charge is 1.95. The molecule has 0 fully saturated rings. The van der Waals surface area contributed by atoms with Crippen LogP contribution in [0.5, 0.6) is 0 Å². The summed E-state index contributed by atoms with van der Waals surface area (Å²) in [5, 5.41) is 10.2. The molecule has 0 amide bonds. The van der Waals surface area contributed by atoms with E-state index in [-0.39, 0.29) is 0 Å². The Labute approximate surface area is 123 Å². The lowest BCUT2D eigenvalue weighted by molar-refractivity contribution is 1.21. The van der Waals surface area contributed by atoms with Crippen molar-refractivity contribution >= 4 is 43.2 Å². The molecule has 0 saturated carbocycles. The number of rotatable bonds is 4. The lowest BCUT2D eigenvalue weighted by Crippen LogP contribution is -1.75. The number of hydrogen-bond acceptors (Lipinski definition) is 2. The molecule has 18 heavy (non-hydrogen) atoms. The van der Waals surface area contributed by atoms with Crippen LogP contribution in [0.15, 0.2) is 58.8 Å². The van der Waals surface area contributed by atoms with Crippen molar-refractivity contribution in [2.24, 2.45) is 10.2 Å². The molecule has 0 heterocycles. The average Bonchev–Trinajstić information content (AvgIpc) is 2.45. The number of benzene rings is 2. The second-order valence-electron chi connectivity index (χ2n) is 3.81. The van der Waals surface area contributed by atoms with E-state index in [2.05, 4.69) is 54.2 Å². The molecule has 0 atom stereocenters. The van der Waals surface area contributed by atoms with E-state index in [0.29, 0.717) is 0 Å². The number of halogens is 2. The summed E-state index contributed by atoms with van der Waals surface area (Å²) in [6, 6.07) is 16.0. The maximum absolute atomic E-state index is 4.25. The molecule has 0 aliphatic heterocycles. The predicted molar refractivity (Wildman–Crippen MR) is 82.3 cm³/mol. The molecule has 0 bridgehead atoms. The Morgan fingerprint density at radius 3 is 1.56 bits per heavy atom. The summed E-state index contributed by atoms with van der Waals surface area (Å²) in [5.41, 5.74) is 4.13. The van der Waals surface area contributed by atoms with Crippen LogP contribution in [0.1, 0.15) is 11.1 Å². The first-order valence-corrected chi connectivity index (χ1v) is 7.77. The number of azo groups is 1. The fraction of sp³-hybridized carbons (Fsp3) is 0.143. The van der Waals surface area contributed by atoms with Crippen LogP contribution >= 0.6 is 31.9 Å². The molecule has 0 saturated heterocycles. The molecule has 2 nitrogen and oxygen atoms in total. The molecular formula is C14H12Br2N2. The van der Waals surface area contributed by atoms with Crippen molar-refractivity contribution in [3.05, 3.63) is 59.7 Å². The first-order chi connectivity index (χ1) is 8.81. The van der Waals surface area contributed by atoms with Crippen LogP contribution in [0.4, 0.5) is 11.4 Å². The summed E-state index contributed by atoms with van der Waals surface area (Å²) in [7, 11) is 0. The number of alkyl halides is 2. The summed E-state index contributed by atoms with van der Waals surface area (Å²) >= 11 is 6.86. The minimum atomic E-state index is 0.829. The van der Waals surface area contributed by atoms with Crippen molar-refractivity contribution in [1.82, 2.24) is 0 Å². The molecule has 0 aliphatic rings. The second-order valence-corrected chi connectivity index (χ2v) is 4.93. The molecule has 2 aromatic rings. The molecule has 4 heteroatoms. The van der Waals surface area contributed by atoms with Crippen molar-refractivity contribution in [3.8, 4) is 0 Å². The maximum Gasteiger partial charge on any atom is 0.0860 e. The molecule has 0 radical (unpaired) electrons. The maximum atomic E-state index is 4.25. The zero-order valence-electron chi connectivity index (χ0n) is 9.68. The highest BCUT2D eigenvalue weighted by Crippen LogP contribution is 2.21. The van der Waals surface area contributed by atoms with Gasteiger partial charge in [-0.2, -0.15) is 10.2 Å². The van der Waals surface area contributed by atoms with E-state index < -0.39 is 0 Å². The SMILES string of the molecule is BrCc1cccc(N=Nc2cccc(CBr)c2)c1. The quantitative estimate of drug-likeness (QED) is 0.475. The largest absolute Gasteiger partial charge is 0.151 e. The fourth-order valence-electron chi connectivity index (χ4n) is 1.52. The molecule has 0 aliphatic carbocycles. The van der Waals surface area contributed by atoms with Gasteiger partial charge in [0.25, 0.3) is 0 Å². The summed E-state index contributed by atoms with van der Waals surface area (Å²) < 4.78 is 0. The second kappa shape index (κ2) is 6.81. The van der Waals surface area contributed by atoms with Gasteiger partial charge < -0.3 is 0 Å². The smallest absolute Gasteiger partial charge is 0.0860 e. The Hall–Kier alpha value is -1.00. The summed E-state index contributed by atoms with van der Waals surface area (Å²) in [6.45, 7) is 0. The van der Waals surface area contributed by atoms with Crippen LogP contribution in [0.25, 0.3) is 0 Å². The zero-order valence-corrected chi connectivity index (χ0v) is 12.9. The standard InChI is InChI=1S/C14H12Br2N2/c15-9-11-3-1-5-13(7-11)17-18-14-6-2-4-12(8-14)10-16/h1-8H,9-10H2. The van der Waals surface area contributed by atoms with Crippen molar-refractivity contribution in [1.29, 1.82) is 0 Å². The van der Waals surface area contributed by atoms with Gasteiger partial charge in [-0.1, -0.05) is 56.1 Å². The molecule has 0 aromatic heterocycles. The van der Waals surface area contributed by atoms with Gasteiger partial charge in [-0.25, -0.2) is 0 Å². The summed E-state index contributed by atoms with van der Waals surface area (Å²) in [5.74, 6) is 0. The van der Waals surface area contributed by atoms with E-state index >= 15 is 0 Å². The van der Waals surface area contributed by atoms with Crippen LogP contribution in [0, 0.1) is 0 Å². The van der Waals surface area contributed by atoms with Gasteiger partial charge in [-0.15, -0.1) is 0 Å². The van der Waals surface area contributed by atoms with Gasteiger partial charge >= 0.3 is 0 Å². The summed E-state index contributed by atoms with van der Waals surface area (Å²) in [6.07, 6.45) is 0. The van der Waals surface area contributed by atoms with E-state index in [1.807, 2.05) is 36.4 Å². The van der Waals surface area contributed by atoms with E-state index in [1.165, 1.54) is 11.1 Å². The molecule has 0 unspecified atom stereocenters. The first kappa shape index (κ1) is 13.4. The van der Waals surface area contributed by atoms with Crippen molar-refractivity contribution in [2.75, 3.05) is 0 Å². The molecule has 92 valence electrons. The van der Waals surface area contributed by atoms with Gasteiger partial charge in [0.15, 0.2) is 0 Å². The minimum Gasteiger partial charge on any atom is -0.151 e. The fourth-order valence-corrected chi connectivity index (χ4v) is 2.22. The highest BCUT2D eigenvalue weighted by molar-refractivity contribution is 9.08. The number of nitrogens with zero attached hydrogens (tertiary/aromatic N) is 2. The van der Waals surface area contributed by atoms with Gasteiger partial charge in [0.1, 0.15) is 0 Å². The zero-order chi connectivity index (χ0) is 12.8. The molecule has 2 aromatic carbocycles. The molecular weight excluding hydrogens is 356 g/mol. The van der Waals surface area contributed by atoms with Crippen LogP contribution < -0.4 is 0 Å². The highest BCUT2D eigenvalue weighted by atomic mass is 79.9. The van der Waals surface area contributed by atoms with Crippen LogP contribution in [0.3, 0.4) is 0 Å². The van der Waals surface area contributed by atoms with Gasteiger partial charge in [0.2, 0.25) is 0 Å². The molecule has 0 N–H and O–H groups in total. The Kier molecular flexibility index (Phi) is 5.08. The van der Waals surface area contributed by atoms with E-state index in [9.17, 15) is 0 Å². The van der Waals surface area contributed by atoms with Crippen LogP contribution in [-0.4, -0.2) is 0 Å². The molecule has 2 rings (SSSR count). The monoisotopic (exact) mass is 366 g/mol. The van der Waals surface area contributed by atoms with Crippen molar-refractivity contribution in [2.45, 2.75) is 10.7 Å². The van der Waals surface area contributed by atoms with Crippen LogP contribution in [-0.2, 0) is 10.7 Å². The Morgan fingerprint density at radius 1 is 0.722 bits per heavy atom. The lowest BCUT2D eigenvalue weighted by Gasteiger charge is -1.98. The lowest BCUT2D eigenvalue weighted by atomic mass is 10.2. The topological polar surface area (TPSA) is 24.7 Å². The minimum absolute atomic E-state index is 0.829. The van der Waals surface area contributed by atoms with Crippen molar-refractivity contribution in [3.63, 3.8) is 0 Å².